The SMILES string of the molecule is CS(=O)(=O)CCCOc1ccccc1CO. The second-order valence-electron chi connectivity index (χ2n) is 3.60. The first-order valence-corrected chi connectivity index (χ1v) is 7.08. The molecule has 1 rings (SSSR count). The molecule has 0 heterocycles. The Balaban J connectivity index is 2.43. The molecule has 0 aliphatic heterocycles. The highest BCUT2D eigenvalue weighted by atomic mass is 32.2. The van der Waals surface area contributed by atoms with Gasteiger partial charge >= 0.3 is 0 Å². The molecule has 0 amide bonds. The summed E-state index contributed by atoms with van der Waals surface area (Å²) in [4.78, 5) is 0. The highest BCUT2D eigenvalue weighted by Gasteiger charge is 2.04. The van der Waals surface area contributed by atoms with Gasteiger partial charge < -0.3 is 9.84 Å². The van der Waals surface area contributed by atoms with Gasteiger partial charge in [-0.1, -0.05) is 18.2 Å². The standard InChI is InChI=1S/C11H16O4S/c1-16(13,14)8-4-7-15-11-6-3-2-5-10(11)9-12/h2-3,5-6,12H,4,7-9H2,1H3. The van der Waals surface area contributed by atoms with Crippen molar-refractivity contribution < 1.29 is 18.3 Å². The van der Waals surface area contributed by atoms with E-state index < -0.39 is 9.84 Å². The molecule has 0 aliphatic carbocycles. The summed E-state index contributed by atoms with van der Waals surface area (Å²) < 4.78 is 27.1. The lowest BCUT2D eigenvalue weighted by Gasteiger charge is -2.09. The molecule has 0 spiro atoms. The van der Waals surface area contributed by atoms with Gasteiger partial charge in [0.25, 0.3) is 0 Å². The minimum atomic E-state index is -2.92. The maximum absolute atomic E-state index is 10.9. The summed E-state index contributed by atoms with van der Waals surface area (Å²) in [6.45, 7) is 0.256. The topological polar surface area (TPSA) is 63.6 Å². The maximum atomic E-state index is 10.9. The van der Waals surface area contributed by atoms with E-state index in [0.29, 0.717) is 24.3 Å². The van der Waals surface area contributed by atoms with Crippen molar-refractivity contribution in [2.24, 2.45) is 0 Å². The predicted octanol–water partition coefficient (Wildman–Crippen LogP) is 0.992. The van der Waals surface area contributed by atoms with E-state index in [0.717, 1.165) is 0 Å². The molecule has 0 saturated heterocycles. The summed E-state index contributed by atoms with van der Waals surface area (Å²) in [5, 5.41) is 9.03. The Labute approximate surface area is 95.8 Å². The number of para-hydroxylation sites is 1. The zero-order chi connectivity index (χ0) is 12.0. The third-order valence-corrected chi connectivity index (χ3v) is 3.09. The van der Waals surface area contributed by atoms with Crippen LogP contribution in [-0.4, -0.2) is 32.1 Å². The van der Waals surface area contributed by atoms with Crippen molar-refractivity contribution in [3.8, 4) is 5.75 Å². The molecule has 1 N–H and O–H groups in total. The fourth-order valence-electron chi connectivity index (χ4n) is 1.28. The number of benzene rings is 1. The molecule has 1 aromatic carbocycles. The smallest absolute Gasteiger partial charge is 0.147 e. The van der Waals surface area contributed by atoms with Crippen LogP contribution in [0.2, 0.25) is 0 Å². The van der Waals surface area contributed by atoms with E-state index in [9.17, 15) is 8.42 Å². The molecular weight excluding hydrogens is 228 g/mol. The Hall–Kier alpha value is -1.07. The van der Waals surface area contributed by atoms with Crippen LogP contribution in [0, 0.1) is 0 Å². The number of hydrogen-bond donors (Lipinski definition) is 1. The van der Waals surface area contributed by atoms with Gasteiger partial charge in [-0.2, -0.15) is 0 Å². The monoisotopic (exact) mass is 244 g/mol. The van der Waals surface area contributed by atoms with E-state index in [4.69, 9.17) is 9.84 Å². The molecular formula is C11H16O4S. The zero-order valence-electron chi connectivity index (χ0n) is 9.22. The zero-order valence-corrected chi connectivity index (χ0v) is 10.0. The van der Waals surface area contributed by atoms with Gasteiger partial charge in [0.1, 0.15) is 15.6 Å². The van der Waals surface area contributed by atoms with Gasteiger partial charge in [0.2, 0.25) is 0 Å². The van der Waals surface area contributed by atoms with E-state index >= 15 is 0 Å². The fourth-order valence-corrected chi connectivity index (χ4v) is 1.92. The highest BCUT2D eigenvalue weighted by molar-refractivity contribution is 7.90. The van der Waals surface area contributed by atoms with Crippen molar-refractivity contribution in [3.63, 3.8) is 0 Å². The molecule has 5 heteroatoms. The van der Waals surface area contributed by atoms with E-state index in [1.165, 1.54) is 6.26 Å². The maximum Gasteiger partial charge on any atom is 0.147 e. The van der Waals surface area contributed by atoms with E-state index in [1.54, 1.807) is 12.1 Å². The lowest BCUT2D eigenvalue weighted by Crippen LogP contribution is -2.08. The molecule has 4 nitrogen and oxygen atoms in total. The molecule has 0 fully saturated rings. The molecule has 0 radical (unpaired) electrons. The van der Waals surface area contributed by atoms with Crippen molar-refractivity contribution in [3.05, 3.63) is 29.8 Å². The summed E-state index contributed by atoms with van der Waals surface area (Å²) in [6.07, 6.45) is 1.66. The van der Waals surface area contributed by atoms with Gasteiger partial charge in [0.15, 0.2) is 0 Å². The number of aliphatic hydroxyl groups excluding tert-OH is 1. The molecule has 0 atom stereocenters. The number of ether oxygens (including phenoxy) is 1. The third kappa shape index (κ3) is 4.63. The summed E-state index contributed by atoms with van der Waals surface area (Å²) in [5.41, 5.74) is 0.710. The molecule has 0 aliphatic rings. The summed E-state index contributed by atoms with van der Waals surface area (Å²) in [7, 11) is -2.92. The van der Waals surface area contributed by atoms with Crippen molar-refractivity contribution in [1.82, 2.24) is 0 Å². The van der Waals surface area contributed by atoms with Crippen molar-refractivity contribution in [2.75, 3.05) is 18.6 Å². The normalized spacial score (nSPS) is 11.4. The first-order valence-electron chi connectivity index (χ1n) is 5.02. The lowest BCUT2D eigenvalue weighted by atomic mass is 10.2. The Morgan fingerprint density at radius 2 is 2.00 bits per heavy atom. The minimum Gasteiger partial charge on any atom is -0.493 e. The highest BCUT2D eigenvalue weighted by Crippen LogP contribution is 2.17. The average Bonchev–Trinajstić information content (AvgIpc) is 2.23. The second-order valence-corrected chi connectivity index (χ2v) is 5.86. The van der Waals surface area contributed by atoms with Crippen LogP contribution in [0.4, 0.5) is 0 Å². The molecule has 0 aromatic heterocycles. The van der Waals surface area contributed by atoms with Crippen LogP contribution in [0.15, 0.2) is 24.3 Å². The van der Waals surface area contributed by atoms with Crippen molar-refractivity contribution >= 4 is 9.84 Å². The van der Waals surface area contributed by atoms with E-state index in [-0.39, 0.29) is 12.4 Å². The molecule has 0 unspecified atom stereocenters. The van der Waals surface area contributed by atoms with Crippen LogP contribution in [0.1, 0.15) is 12.0 Å². The van der Waals surface area contributed by atoms with Crippen molar-refractivity contribution in [1.29, 1.82) is 0 Å². The van der Waals surface area contributed by atoms with Crippen LogP contribution in [0.3, 0.4) is 0 Å². The second kappa shape index (κ2) is 5.86. The fraction of sp³-hybridized carbons (Fsp3) is 0.455. The summed E-state index contributed by atoms with van der Waals surface area (Å²) in [5.74, 6) is 0.729. The molecule has 1 aromatic rings. The van der Waals surface area contributed by atoms with Crippen LogP contribution >= 0.6 is 0 Å². The largest absolute Gasteiger partial charge is 0.493 e. The molecule has 90 valence electrons. The first kappa shape index (κ1) is 13.0. The molecule has 0 bridgehead atoms. The number of sulfone groups is 1. The van der Waals surface area contributed by atoms with Crippen molar-refractivity contribution in [2.45, 2.75) is 13.0 Å². The average molecular weight is 244 g/mol. The van der Waals surface area contributed by atoms with Gasteiger partial charge in [-0.15, -0.1) is 0 Å². The number of hydrogen-bond acceptors (Lipinski definition) is 4. The number of aliphatic hydroxyl groups is 1. The summed E-state index contributed by atoms with van der Waals surface area (Å²) in [6, 6.07) is 7.15. The van der Waals surface area contributed by atoms with Gasteiger partial charge in [-0.3, -0.25) is 0 Å². The minimum absolute atomic E-state index is 0.0811. The van der Waals surface area contributed by atoms with Crippen LogP contribution in [0.25, 0.3) is 0 Å². The molecule has 16 heavy (non-hydrogen) atoms. The third-order valence-electron chi connectivity index (χ3n) is 2.06. The molecule has 0 saturated carbocycles. The van der Waals surface area contributed by atoms with Crippen LogP contribution in [-0.2, 0) is 16.4 Å². The first-order chi connectivity index (χ1) is 7.53. The van der Waals surface area contributed by atoms with Gasteiger partial charge in [-0.25, -0.2) is 8.42 Å². The lowest BCUT2D eigenvalue weighted by molar-refractivity contribution is 0.263. The van der Waals surface area contributed by atoms with Gasteiger partial charge in [-0.05, 0) is 12.5 Å². The quantitative estimate of drug-likeness (QED) is 0.758. The van der Waals surface area contributed by atoms with E-state index in [2.05, 4.69) is 0 Å². The number of rotatable bonds is 6. The Kier molecular flexibility index (Phi) is 4.76. The van der Waals surface area contributed by atoms with Crippen LogP contribution < -0.4 is 4.74 Å². The van der Waals surface area contributed by atoms with E-state index in [1.807, 2.05) is 12.1 Å². The Bertz CT molecular complexity index is 425. The Morgan fingerprint density at radius 1 is 1.31 bits per heavy atom. The van der Waals surface area contributed by atoms with Gasteiger partial charge in [0.05, 0.1) is 19.0 Å². The van der Waals surface area contributed by atoms with Crippen LogP contribution in [0.5, 0.6) is 5.75 Å². The Morgan fingerprint density at radius 3 is 2.62 bits per heavy atom. The predicted molar refractivity (Wildman–Crippen MR) is 62.2 cm³/mol. The summed E-state index contributed by atoms with van der Waals surface area (Å²) >= 11 is 0. The van der Waals surface area contributed by atoms with Gasteiger partial charge in [0, 0.05) is 11.8 Å².